The standard InChI is InChI=1S/C26H20NO3P.C2HF3O2.Hg/c28-26(21-16-18-22(19-17-21)27(29)30)20-31(23-10-4-1-5-11-23,24-12-6-2-7-13-24)25-14-8-3-9-15-25;3-2(4,5)1(6)7;/h1-20H;(H,6,7);/q+1;;+1/p-1. The number of hydrogen-bond donors (Lipinski definition) is 0. The molecule has 4 aromatic rings. The second-order valence-corrected chi connectivity index (χ2v) is 20.4. The monoisotopic (exact) mass is 740 g/mol. The van der Waals surface area contributed by atoms with Gasteiger partial charge in [0.15, 0.2) is 0 Å². The predicted molar refractivity (Wildman–Crippen MR) is 139 cm³/mol. The van der Waals surface area contributed by atoms with Crippen LogP contribution < -0.4 is 15.9 Å². The molecule has 0 spiro atoms. The van der Waals surface area contributed by atoms with Crippen molar-refractivity contribution in [3.8, 4) is 0 Å². The summed E-state index contributed by atoms with van der Waals surface area (Å²) in [5.41, 5.74) is -0.132. The molecule has 0 heterocycles. The van der Waals surface area contributed by atoms with Crippen LogP contribution in [0.4, 0.5) is 18.9 Å². The fraction of sp³-hybridized carbons (Fsp3) is 0.0714. The van der Waals surface area contributed by atoms with E-state index < -0.39 is 58.3 Å². The van der Waals surface area contributed by atoms with Crippen molar-refractivity contribution in [1.29, 1.82) is 0 Å². The maximum atomic E-state index is 14.3. The summed E-state index contributed by atoms with van der Waals surface area (Å²) >= 11 is -3.58. The number of nitrogens with zero attached hydrogens (tertiary/aromatic N) is 1. The van der Waals surface area contributed by atoms with Gasteiger partial charge in [0.2, 0.25) is 0 Å². The van der Waals surface area contributed by atoms with Gasteiger partial charge in [-0.15, -0.1) is 0 Å². The van der Waals surface area contributed by atoms with Crippen LogP contribution in [-0.2, 0) is 32.5 Å². The fourth-order valence-corrected chi connectivity index (χ4v) is 23.1. The normalized spacial score (nSPS) is 12.2. The van der Waals surface area contributed by atoms with Crippen molar-refractivity contribution in [3.05, 3.63) is 131 Å². The van der Waals surface area contributed by atoms with Crippen LogP contribution in [0.25, 0.3) is 0 Å². The summed E-state index contributed by atoms with van der Waals surface area (Å²) in [6.07, 6.45) is -5.20. The number of rotatable bonds is 9. The molecule has 194 valence electrons. The Morgan fingerprint density at radius 3 is 1.51 bits per heavy atom. The van der Waals surface area contributed by atoms with Gasteiger partial charge in [0.05, 0.1) is 0 Å². The summed E-state index contributed by atoms with van der Waals surface area (Å²) in [5.74, 6) is -2.82. The molecular formula is C28H20F3HgNO5P+. The van der Waals surface area contributed by atoms with Crippen LogP contribution >= 0.6 is 7.26 Å². The number of carbonyl (C=O) groups is 2. The molecule has 0 radical (unpaired) electrons. The van der Waals surface area contributed by atoms with E-state index in [0.29, 0.717) is 0 Å². The topological polar surface area (TPSA) is 86.5 Å². The number of carbonyl (C=O) groups excluding carboxylic acids is 2. The zero-order valence-electron chi connectivity index (χ0n) is 20.3. The van der Waals surface area contributed by atoms with Crippen molar-refractivity contribution in [3.63, 3.8) is 0 Å². The molecule has 0 bridgehead atoms. The van der Waals surface area contributed by atoms with Crippen LogP contribution in [0.5, 0.6) is 0 Å². The van der Waals surface area contributed by atoms with E-state index in [9.17, 15) is 32.9 Å². The Hall–Kier alpha value is -3.42. The average Bonchev–Trinajstić information content (AvgIpc) is 2.96. The number of halogens is 3. The predicted octanol–water partition coefficient (Wildman–Crippen LogP) is 5.20. The van der Waals surface area contributed by atoms with E-state index in [1.807, 2.05) is 36.4 Å². The molecule has 0 fully saturated rings. The van der Waals surface area contributed by atoms with E-state index in [-0.39, 0.29) is 11.3 Å². The molecule has 1 atom stereocenters. The zero-order valence-corrected chi connectivity index (χ0v) is 26.7. The molecule has 0 amide bonds. The number of nitro groups is 1. The number of nitro benzene ring substituents is 1. The van der Waals surface area contributed by atoms with Crippen molar-refractivity contribution < 1.29 is 55.4 Å². The van der Waals surface area contributed by atoms with Crippen LogP contribution in [0.3, 0.4) is 0 Å². The molecule has 0 aromatic heterocycles. The second-order valence-electron chi connectivity index (χ2n) is 8.51. The Morgan fingerprint density at radius 2 is 1.15 bits per heavy atom. The Morgan fingerprint density at radius 1 is 0.744 bits per heavy atom. The van der Waals surface area contributed by atoms with E-state index in [4.69, 9.17) is 2.64 Å². The molecule has 4 rings (SSSR count). The van der Waals surface area contributed by atoms with Gasteiger partial charge in [-0.1, -0.05) is 0 Å². The second kappa shape index (κ2) is 12.2. The van der Waals surface area contributed by atoms with E-state index in [2.05, 4.69) is 0 Å². The van der Waals surface area contributed by atoms with Gasteiger partial charge in [-0.25, -0.2) is 0 Å². The number of ketones is 1. The van der Waals surface area contributed by atoms with Crippen LogP contribution in [0.1, 0.15) is 10.4 Å². The third-order valence-corrected chi connectivity index (χ3v) is 22.8. The first kappa shape index (κ1) is 28.6. The summed E-state index contributed by atoms with van der Waals surface area (Å²) < 4.78 is 43.6. The van der Waals surface area contributed by atoms with Gasteiger partial charge in [0.1, 0.15) is 0 Å². The summed E-state index contributed by atoms with van der Waals surface area (Å²) in [6.45, 7) is 0. The molecule has 0 saturated heterocycles. The first-order valence-electron chi connectivity index (χ1n) is 11.7. The van der Waals surface area contributed by atoms with E-state index >= 15 is 0 Å². The van der Waals surface area contributed by atoms with Crippen molar-refractivity contribution in [2.24, 2.45) is 0 Å². The molecule has 6 nitrogen and oxygen atoms in total. The molecule has 0 aliphatic heterocycles. The van der Waals surface area contributed by atoms with Crippen LogP contribution in [0.2, 0.25) is 0 Å². The number of non-ortho nitro benzene ring substituents is 1. The number of alkyl halides is 3. The maximum absolute atomic E-state index is 14.3. The Bertz CT molecular complexity index is 1360. The molecule has 4 aromatic carbocycles. The summed E-state index contributed by atoms with van der Waals surface area (Å²) in [4.78, 5) is 36.8. The first-order valence-corrected chi connectivity index (χ1v) is 19.0. The molecule has 0 aliphatic rings. The number of hydrogen-bond acceptors (Lipinski definition) is 5. The molecule has 1 unspecified atom stereocenters. The van der Waals surface area contributed by atoms with E-state index in [1.165, 1.54) is 24.3 Å². The minimum absolute atomic E-state index is 0.0980. The molecule has 39 heavy (non-hydrogen) atoms. The Kier molecular flexibility index (Phi) is 8.92. The van der Waals surface area contributed by atoms with Gasteiger partial charge in [-0.05, 0) is 0 Å². The summed E-state index contributed by atoms with van der Waals surface area (Å²) in [7, 11) is -3.05. The minimum atomic E-state index is -5.20. The quantitative estimate of drug-likeness (QED) is 0.0776. The Labute approximate surface area is 235 Å². The number of Topliss-reactive ketones (excluding diaryl/α,β-unsaturated/α-hetero) is 1. The average molecular weight is 739 g/mol. The fourth-order valence-electron chi connectivity index (χ4n) is 4.52. The van der Waals surface area contributed by atoms with Gasteiger partial charge in [-0.2, -0.15) is 0 Å². The van der Waals surface area contributed by atoms with Gasteiger partial charge in [-0.3, -0.25) is 0 Å². The molecule has 0 saturated carbocycles. The summed E-state index contributed by atoms with van der Waals surface area (Å²) in [5, 5.41) is 13.4. The molecule has 11 heteroatoms. The SMILES string of the molecule is O=C(c1ccc([N+](=O)[O-])cc1)[CH]([Hg][O]C(=O)C(F)(F)F)[P+](c1ccccc1)(c1ccccc1)c1ccccc1. The molecular weight excluding hydrogens is 719 g/mol. The molecule has 0 aliphatic carbocycles. The van der Waals surface area contributed by atoms with Gasteiger partial charge in [0.25, 0.3) is 0 Å². The zero-order chi connectivity index (χ0) is 28.0. The van der Waals surface area contributed by atoms with Crippen molar-refractivity contribution >= 4 is 40.6 Å². The van der Waals surface area contributed by atoms with Crippen molar-refractivity contribution in [2.75, 3.05) is 0 Å². The Balaban J connectivity index is 2.00. The van der Waals surface area contributed by atoms with E-state index in [0.717, 1.165) is 15.9 Å². The molecule has 0 N–H and O–H groups in total. The van der Waals surface area contributed by atoms with E-state index in [1.54, 1.807) is 54.6 Å². The number of benzene rings is 4. The van der Waals surface area contributed by atoms with Crippen molar-refractivity contribution in [1.82, 2.24) is 0 Å². The van der Waals surface area contributed by atoms with Crippen LogP contribution in [-0.4, -0.2) is 26.0 Å². The van der Waals surface area contributed by atoms with Crippen LogP contribution in [0, 0.1) is 10.1 Å². The van der Waals surface area contributed by atoms with Gasteiger partial charge >= 0.3 is 236 Å². The summed E-state index contributed by atoms with van der Waals surface area (Å²) in [6, 6.07) is 32.1. The van der Waals surface area contributed by atoms with Crippen LogP contribution in [0.15, 0.2) is 115 Å². The van der Waals surface area contributed by atoms with Gasteiger partial charge < -0.3 is 0 Å². The van der Waals surface area contributed by atoms with Gasteiger partial charge in [0, 0.05) is 0 Å². The van der Waals surface area contributed by atoms with Crippen molar-refractivity contribution in [2.45, 2.75) is 9.34 Å². The first-order chi connectivity index (χ1) is 18.7. The third-order valence-electron chi connectivity index (χ3n) is 6.23. The third kappa shape index (κ3) is 6.10.